The highest BCUT2D eigenvalue weighted by atomic mass is 35.5. The van der Waals surface area contributed by atoms with Gasteiger partial charge in [-0.1, -0.05) is 11.6 Å². The first-order valence-corrected chi connectivity index (χ1v) is 7.97. The minimum absolute atomic E-state index is 0.154. The van der Waals surface area contributed by atoms with Gasteiger partial charge in [-0.05, 0) is 32.0 Å². The van der Waals surface area contributed by atoms with Crippen molar-refractivity contribution >= 4 is 45.7 Å². The summed E-state index contributed by atoms with van der Waals surface area (Å²) in [5, 5.41) is 0.586. The Morgan fingerprint density at radius 1 is 1.40 bits per heavy atom. The van der Waals surface area contributed by atoms with Crippen LogP contribution in [0.1, 0.15) is 28.5 Å². The van der Waals surface area contributed by atoms with E-state index in [1.807, 2.05) is 6.07 Å². The van der Waals surface area contributed by atoms with E-state index in [2.05, 4.69) is 40.5 Å². The van der Waals surface area contributed by atoms with Crippen molar-refractivity contribution in [1.82, 2.24) is 14.5 Å². The first-order valence-electron chi connectivity index (χ1n) is 6.25. The van der Waals surface area contributed by atoms with Gasteiger partial charge >= 0.3 is 0 Å². The maximum atomic E-state index is 6.04. The lowest BCUT2D eigenvalue weighted by Gasteiger charge is -2.14. The Hall–Kier alpha value is -1.10. The lowest BCUT2D eigenvalue weighted by molar-refractivity contribution is 0.639. The number of hydrogen-bond donors (Lipinski definition) is 0. The summed E-state index contributed by atoms with van der Waals surface area (Å²) in [5.41, 5.74) is 1.61. The van der Waals surface area contributed by atoms with Crippen molar-refractivity contribution in [3.05, 3.63) is 45.0 Å². The second kappa shape index (κ2) is 5.35. The van der Waals surface area contributed by atoms with Gasteiger partial charge in [-0.25, -0.2) is 9.97 Å². The molecule has 3 heterocycles. The molecule has 20 heavy (non-hydrogen) atoms. The highest BCUT2D eigenvalue weighted by Gasteiger charge is 2.19. The Morgan fingerprint density at radius 3 is 2.85 bits per heavy atom. The van der Waals surface area contributed by atoms with E-state index in [1.54, 1.807) is 17.5 Å². The average molecular weight is 326 g/mol. The number of aryl methyl sites for hydroxylation is 1. The highest BCUT2D eigenvalue weighted by Crippen LogP contribution is 2.30. The lowest BCUT2D eigenvalue weighted by atomic mass is 10.2. The third kappa shape index (κ3) is 2.32. The van der Waals surface area contributed by atoms with Crippen LogP contribution in [0.2, 0.25) is 5.02 Å². The maximum absolute atomic E-state index is 6.04. The van der Waals surface area contributed by atoms with Crippen LogP contribution in [0.3, 0.4) is 0 Å². The van der Waals surface area contributed by atoms with Crippen LogP contribution >= 0.6 is 34.5 Å². The number of fused-ring (bicyclic) bond motifs is 1. The summed E-state index contributed by atoms with van der Waals surface area (Å²) in [7, 11) is 0. The maximum Gasteiger partial charge on any atom is 0.160 e. The van der Waals surface area contributed by atoms with Crippen LogP contribution in [0.5, 0.6) is 0 Å². The number of aromatic nitrogens is 3. The second-order valence-electron chi connectivity index (χ2n) is 4.65. The Labute approximate surface area is 131 Å². The smallest absolute Gasteiger partial charge is 0.160 e. The Morgan fingerprint density at radius 2 is 2.20 bits per heavy atom. The molecule has 0 N–H and O–H groups in total. The topological polar surface area (TPSA) is 30.7 Å². The Balaban J connectivity index is 2.18. The molecular formula is C14H13Cl2N3S. The number of thiophene rings is 1. The van der Waals surface area contributed by atoms with E-state index in [0.29, 0.717) is 10.9 Å². The summed E-state index contributed by atoms with van der Waals surface area (Å²) >= 11 is 13.8. The molecule has 0 aliphatic heterocycles. The van der Waals surface area contributed by atoms with Gasteiger partial charge < -0.3 is 4.57 Å². The van der Waals surface area contributed by atoms with Gasteiger partial charge in [-0.15, -0.1) is 22.9 Å². The van der Waals surface area contributed by atoms with E-state index in [4.69, 9.17) is 23.2 Å². The molecule has 104 valence electrons. The molecule has 3 nitrogen and oxygen atoms in total. The van der Waals surface area contributed by atoms with Gasteiger partial charge in [0.05, 0.1) is 16.9 Å². The lowest BCUT2D eigenvalue weighted by Crippen LogP contribution is -2.09. The van der Waals surface area contributed by atoms with Gasteiger partial charge in [-0.3, -0.25) is 0 Å². The van der Waals surface area contributed by atoms with Gasteiger partial charge in [0.1, 0.15) is 11.3 Å². The van der Waals surface area contributed by atoms with Crippen molar-refractivity contribution in [1.29, 1.82) is 0 Å². The van der Waals surface area contributed by atoms with E-state index in [1.165, 1.54) is 9.75 Å². The normalized spacial score (nSPS) is 13.0. The minimum Gasteiger partial charge on any atom is -0.304 e. The van der Waals surface area contributed by atoms with Crippen LogP contribution in [-0.4, -0.2) is 14.5 Å². The second-order valence-corrected chi connectivity index (χ2v) is 6.68. The predicted molar refractivity (Wildman–Crippen MR) is 85.0 cm³/mol. The summed E-state index contributed by atoms with van der Waals surface area (Å²) in [6.45, 7) is 4.24. The summed E-state index contributed by atoms with van der Waals surface area (Å²) in [4.78, 5) is 11.5. The van der Waals surface area contributed by atoms with Crippen molar-refractivity contribution in [2.75, 3.05) is 0 Å². The van der Waals surface area contributed by atoms with Crippen molar-refractivity contribution in [3.63, 3.8) is 0 Å². The standard InChI is InChI=1S/C14H13Cl2N3S/c1-8-3-4-12(20-8)9(2)19-13(6-15)18-11-5-10(16)7-17-14(11)19/h3-5,7,9H,6H2,1-2H3. The fraction of sp³-hybridized carbons (Fsp3) is 0.286. The summed E-state index contributed by atoms with van der Waals surface area (Å²) in [6, 6.07) is 6.24. The molecule has 0 saturated heterocycles. The van der Waals surface area contributed by atoms with Crippen LogP contribution in [0.15, 0.2) is 24.4 Å². The number of halogens is 2. The molecule has 0 aliphatic rings. The van der Waals surface area contributed by atoms with E-state index < -0.39 is 0 Å². The predicted octanol–water partition coefficient (Wildman–Crippen LogP) is 4.80. The van der Waals surface area contributed by atoms with Crippen molar-refractivity contribution in [3.8, 4) is 0 Å². The van der Waals surface area contributed by atoms with Crippen LogP contribution < -0.4 is 0 Å². The average Bonchev–Trinajstić information content (AvgIpc) is 3.00. The van der Waals surface area contributed by atoms with E-state index in [-0.39, 0.29) is 6.04 Å². The third-order valence-corrected chi connectivity index (χ3v) is 4.87. The Bertz CT molecular complexity index is 763. The molecule has 1 atom stereocenters. The molecule has 3 aromatic rings. The first-order chi connectivity index (χ1) is 9.60. The van der Waals surface area contributed by atoms with Crippen molar-refractivity contribution in [2.45, 2.75) is 25.8 Å². The van der Waals surface area contributed by atoms with Gasteiger partial charge in [0.2, 0.25) is 0 Å². The fourth-order valence-electron chi connectivity index (χ4n) is 2.31. The highest BCUT2D eigenvalue weighted by molar-refractivity contribution is 7.12. The summed E-state index contributed by atoms with van der Waals surface area (Å²) in [5.74, 6) is 1.16. The van der Waals surface area contributed by atoms with Crippen LogP contribution in [0.4, 0.5) is 0 Å². The summed E-state index contributed by atoms with van der Waals surface area (Å²) in [6.07, 6.45) is 1.65. The monoisotopic (exact) mass is 325 g/mol. The quantitative estimate of drug-likeness (QED) is 0.647. The largest absolute Gasteiger partial charge is 0.304 e. The van der Waals surface area contributed by atoms with Gasteiger partial charge in [0.25, 0.3) is 0 Å². The van der Waals surface area contributed by atoms with Crippen LogP contribution in [-0.2, 0) is 5.88 Å². The molecule has 0 saturated carbocycles. The Kier molecular flexibility index (Phi) is 3.71. The van der Waals surface area contributed by atoms with Crippen molar-refractivity contribution in [2.24, 2.45) is 0 Å². The van der Waals surface area contributed by atoms with Gasteiger partial charge in [-0.2, -0.15) is 0 Å². The third-order valence-electron chi connectivity index (χ3n) is 3.25. The van der Waals surface area contributed by atoms with Crippen LogP contribution in [0.25, 0.3) is 11.2 Å². The molecular weight excluding hydrogens is 313 g/mol. The fourth-order valence-corrected chi connectivity index (χ4v) is 3.57. The molecule has 0 bridgehead atoms. The molecule has 6 heteroatoms. The van der Waals surface area contributed by atoms with E-state index >= 15 is 0 Å². The molecule has 0 fully saturated rings. The zero-order chi connectivity index (χ0) is 14.3. The zero-order valence-corrected chi connectivity index (χ0v) is 13.4. The summed E-state index contributed by atoms with van der Waals surface area (Å²) < 4.78 is 2.09. The SMILES string of the molecule is Cc1ccc(C(C)n2c(CCl)nc3cc(Cl)cnc32)s1. The number of alkyl halides is 1. The number of hydrogen-bond acceptors (Lipinski definition) is 3. The van der Waals surface area contributed by atoms with Gasteiger partial charge in [0, 0.05) is 16.0 Å². The molecule has 0 aliphatic carbocycles. The number of pyridine rings is 1. The number of nitrogens with zero attached hydrogens (tertiary/aromatic N) is 3. The van der Waals surface area contributed by atoms with E-state index in [0.717, 1.165) is 17.0 Å². The molecule has 0 spiro atoms. The van der Waals surface area contributed by atoms with Crippen molar-refractivity contribution < 1.29 is 0 Å². The number of rotatable bonds is 3. The minimum atomic E-state index is 0.154. The molecule has 3 aromatic heterocycles. The molecule has 1 unspecified atom stereocenters. The molecule has 0 aromatic carbocycles. The van der Waals surface area contributed by atoms with Crippen LogP contribution in [0, 0.1) is 6.92 Å². The van der Waals surface area contributed by atoms with Gasteiger partial charge in [0.15, 0.2) is 5.65 Å². The first kappa shape index (κ1) is 13.9. The number of imidazole rings is 1. The molecule has 0 amide bonds. The molecule has 0 radical (unpaired) electrons. The van der Waals surface area contributed by atoms with E-state index in [9.17, 15) is 0 Å². The zero-order valence-electron chi connectivity index (χ0n) is 11.1. The molecule has 3 rings (SSSR count).